The third-order valence-corrected chi connectivity index (χ3v) is 5.11. The fourth-order valence-electron chi connectivity index (χ4n) is 2.21. The molecule has 0 aliphatic carbocycles. The molecular weight excluding hydrogens is 313 g/mol. The SMILES string of the molecule is Cc1ccc(C(CN)C(O)c2cc(Cl)sc2Cl)cc1C. The van der Waals surface area contributed by atoms with E-state index in [9.17, 15) is 5.11 Å². The van der Waals surface area contributed by atoms with Crippen LogP contribution in [0.1, 0.15) is 34.3 Å². The zero-order valence-electron chi connectivity index (χ0n) is 11.4. The zero-order valence-corrected chi connectivity index (χ0v) is 13.7. The fourth-order valence-corrected chi connectivity index (χ4v) is 3.75. The fraction of sp³-hybridized carbons (Fsp3) is 0.333. The highest BCUT2D eigenvalue weighted by Crippen LogP contribution is 2.40. The number of hydrogen-bond acceptors (Lipinski definition) is 3. The molecule has 2 unspecified atom stereocenters. The highest BCUT2D eigenvalue weighted by Gasteiger charge is 2.25. The van der Waals surface area contributed by atoms with Crippen molar-refractivity contribution in [3.8, 4) is 0 Å². The van der Waals surface area contributed by atoms with Crippen molar-refractivity contribution in [2.24, 2.45) is 5.73 Å². The molecule has 2 nitrogen and oxygen atoms in total. The molecule has 5 heteroatoms. The van der Waals surface area contributed by atoms with Gasteiger partial charge in [-0.25, -0.2) is 0 Å². The number of aryl methyl sites for hydroxylation is 2. The van der Waals surface area contributed by atoms with Gasteiger partial charge in [-0.05, 0) is 36.6 Å². The van der Waals surface area contributed by atoms with Crippen molar-refractivity contribution in [1.82, 2.24) is 0 Å². The molecule has 0 aliphatic heterocycles. The minimum atomic E-state index is -0.752. The van der Waals surface area contributed by atoms with Crippen molar-refractivity contribution in [2.45, 2.75) is 25.9 Å². The summed E-state index contributed by atoms with van der Waals surface area (Å²) in [4.78, 5) is 0. The Bertz CT molecular complexity index is 612. The molecule has 2 rings (SSSR count). The zero-order chi connectivity index (χ0) is 14.9. The van der Waals surface area contributed by atoms with Gasteiger partial charge >= 0.3 is 0 Å². The van der Waals surface area contributed by atoms with Crippen LogP contribution in [0.2, 0.25) is 8.67 Å². The molecule has 0 saturated carbocycles. The summed E-state index contributed by atoms with van der Waals surface area (Å²) < 4.78 is 1.09. The highest BCUT2D eigenvalue weighted by atomic mass is 35.5. The number of rotatable bonds is 4. The molecule has 2 atom stereocenters. The summed E-state index contributed by atoms with van der Waals surface area (Å²) in [7, 11) is 0. The van der Waals surface area contributed by atoms with Crippen molar-refractivity contribution in [1.29, 1.82) is 0 Å². The maximum absolute atomic E-state index is 10.6. The lowest BCUT2D eigenvalue weighted by molar-refractivity contribution is 0.148. The first kappa shape index (κ1) is 15.8. The summed E-state index contributed by atoms with van der Waals surface area (Å²) in [5, 5.41) is 10.6. The monoisotopic (exact) mass is 329 g/mol. The van der Waals surface area contributed by atoms with Gasteiger partial charge in [0.1, 0.15) is 4.34 Å². The van der Waals surface area contributed by atoms with Crippen LogP contribution in [-0.4, -0.2) is 11.7 Å². The van der Waals surface area contributed by atoms with Crippen LogP contribution in [0.25, 0.3) is 0 Å². The predicted octanol–water partition coefficient (Wildman–Crippen LogP) is 4.45. The molecule has 2 aromatic rings. The first-order valence-corrected chi connectivity index (χ1v) is 7.91. The van der Waals surface area contributed by atoms with Crippen LogP contribution in [0.15, 0.2) is 24.3 Å². The molecule has 0 saturated heterocycles. The topological polar surface area (TPSA) is 46.2 Å². The quantitative estimate of drug-likeness (QED) is 0.870. The molecule has 0 bridgehead atoms. The summed E-state index contributed by atoms with van der Waals surface area (Å²) >= 11 is 13.3. The summed E-state index contributed by atoms with van der Waals surface area (Å²) in [5.41, 5.74) is 9.92. The van der Waals surface area contributed by atoms with E-state index in [1.807, 2.05) is 19.1 Å². The van der Waals surface area contributed by atoms with Crippen LogP contribution in [0.5, 0.6) is 0 Å². The summed E-state index contributed by atoms with van der Waals surface area (Å²) in [6.07, 6.45) is -0.752. The van der Waals surface area contributed by atoms with Gasteiger partial charge in [0.15, 0.2) is 0 Å². The van der Waals surface area contributed by atoms with E-state index in [4.69, 9.17) is 28.9 Å². The molecule has 0 amide bonds. The second kappa shape index (κ2) is 6.46. The summed E-state index contributed by atoms with van der Waals surface area (Å²) in [6.45, 7) is 4.45. The Hall–Kier alpha value is -0.580. The van der Waals surface area contributed by atoms with Gasteiger partial charge in [-0.3, -0.25) is 0 Å². The molecular formula is C15H17Cl2NOS. The standard InChI is InChI=1S/C15H17Cl2NOS/c1-8-3-4-10(5-9(8)2)12(7-18)14(19)11-6-13(16)20-15(11)17/h3-6,12,14,19H,7,18H2,1-2H3. The van der Waals surface area contributed by atoms with Crippen LogP contribution >= 0.6 is 34.5 Å². The number of aliphatic hydroxyl groups excluding tert-OH is 1. The van der Waals surface area contributed by atoms with Crippen molar-refractivity contribution < 1.29 is 5.11 Å². The number of hydrogen-bond donors (Lipinski definition) is 2. The minimum Gasteiger partial charge on any atom is -0.388 e. The van der Waals surface area contributed by atoms with Gasteiger partial charge in [-0.2, -0.15) is 0 Å². The number of nitrogens with two attached hydrogens (primary N) is 1. The van der Waals surface area contributed by atoms with Gasteiger partial charge in [0.2, 0.25) is 0 Å². The summed E-state index contributed by atoms with van der Waals surface area (Å²) in [6, 6.07) is 7.83. The van der Waals surface area contributed by atoms with Crippen LogP contribution < -0.4 is 5.73 Å². The van der Waals surface area contributed by atoms with Gasteiger partial charge in [0, 0.05) is 18.0 Å². The third-order valence-electron chi connectivity index (χ3n) is 3.60. The maximum Gasteiger partial charge on any atom is 0.100 e. The van der Waals surface area contributed by atoms with E-state index in [1.54, 1.807) is 6.07 Å². The first-order valence-electron chi connectivity index (χ1n) is 6.34. The van der Waals surface area contributed by atoms with Gasteiger partial charge in [-0.1, -0.05) is 41.4 Å². The molecule has 0 spiro atoms. The Labute approximate surface area is 133 Å². The van der Waals surface area contributed by atoms with E-state index in [-0.39, 0.29) is 5.92 Å². The normalized spacial score (nSPS) is 14.3. The van der Waals surface area contributed by atoms with Crippen molar-refractivity contribution >= 4 is 34.5 Å². The highest BCUT2D eigenvalue weighted by molar-refractivity contribution is 7.20. The van der Waals surface area contributed by atoms with E-state index < -0.39 is 6.10 Å². The van der Waals surface area contributed by atoms with E-state index in [0.717, 1.165) is 5.56 Å². The molecule has 1 aromatic carbocycles. The van der Waals surface area contributed by atoms with Crippen LogP contribution in [-0.2, 0) is 0 Å². The molecule has 1 heterocycles. The molecule has 0 aliphatic rings. The number of aliphatic hydroxyl groups is 1. The Morgan fingerprint density at radius 2 is 1.90 bits per heavy atom. The maximum atomic E-state index is 10.6. The summed E-state index contributed by atoms with van der Waals surface area (Å²) in [5.74, 6) is -0.197. The second-order valence-corrected chi connectivity index (χ2v) is 7.20. The van der Waals surface area contributed by atoms with E-state index >= 15 is 0 Å². The second-order valence-electron chi connectivity index (χ2n) is 4.91. The average Bonchev–Trinajstić information content (AvgIpc) is 2.73. The van der Waals surface area contributed by atoms with Gasteiger partial charge in [-0.15, -0.1) is 11.3 Å². The van der Waals surface area contributed by atoms with E-state index in [1.165, 1.54) is 22.5 Å². The van der Waals surface area contributed by atoms with Crippen molar-refractivity contribution in [2.75, 3.05) is 6.54 Å². The van der Waals surface area contributed by atoms with Crippen molar-refractivity contribution in [3.63, 3.8) is 0 Å². The Balaban J connectivity index is 2.36. The Kier molecular flexibility index (Phi) is 5.10. The van der Waals surface area contributed by atoms with Crippen LogP contribution in [0.3, 0.4) is 0 Å². The molecule has 108 valence electrons. The number of thiophene rings is 1. The third kappa shape index (κ3) is 3.18. The lowest BCUT2D eigenvalue weighted by Crippen LogP contribution is -2.20. The lowest BCUT2D eigenvalue weighted by atomic mass is 9.88. The van der Waals surface area contributed by atoms with E-state index in [0.29, 0.717) is 20.8 Å². The van der Waals surface area contributed by atoms with Crippen LogP contribution in [0, 0.1) is 13.8 Å². The van der Waals surface area contributed by atoms with Gasteiger partial charge in [0.25, 0.3) is 0 Å². The molecule has 1 aromatic heterocycles. The molecule has 20 heavy (non-hydrogen) atoms. The smallest absolute Gasteiger partial charge is 0.100 e. The Morgan fingerprint density at radius 3 is 2.40 bits per heavy atom. The number of benzene rings is 1. The molecule has 0 radical (unpaired) electrons. The molecule has 3 N–H and O–H groups in total. The largest absolute Gasteiger partial charge is 0.388 e. The van der Waals surface area contributed by atoms with E-state index in [2.05, 4.69) is 13.0 Å². The first-order chi connectivity index (χ1) is 9.43. The number of halogens is 2. The van der Waals surface area contributed by atoms with Gasteiger partial charge in [0.05, 0.1) is 10.4 Å². The Morgan fingerprint density at radius 1 is 1.20 bits per heavy atom. The minimum absolute atomic E-state index is 0.197. The van der Waals surface area contributed by atoms with Crippen LogP contribution in [0.4, 0.5) is 0 Å². The van der Waals surface area contributed by atoms with Crippen molar-refractivity contribution in [3.05, 3.63) is 55.2 Å². The van der Waals surface area contributed by atoms with Gasteiger partial charge < -0.3 is 10.8 Å². The molecule has 0 fully saturated rings. The predicted molar refractivity (Wildman–Crippen MR) is 87.0 cm³/mol. The lowest BCUT2D eigenvalue weighted by Gasteiger charge is -2.22. The average molecular weight is 330 g/mol.